The van der Waals surface area contributed by atoms with Gasteiger partial charge in [0, 0.05) is 19.8 Å². The van der Waals surface area contributed by atoms with E-state index in [1.54, 1.807) is 0 Å². The largest absolute Gasteiger partial charge is 0.381 e. The maximum atomic E-state index is 12.0. The zero-order chi connectivity index (χ0) is 12.0. The van der Waals surface area contributed by atoms with Crippen molar-refractivity contribution in [3.63, 3.8) is 0 Å². The van der Waals surface area contributed by atoms with Crippen LogP contribution in [0.2, 0.25) is 0 Å². The van der Waals surface area contributed by atoms with Crippen LogP contribution >= 0.6 is 0 Å². The molecule has 0 aromatic heterocycles. The molecule has 16 heavy (non-hydrogen) atoms. The average molecular weight is 249 g/mol. The van der Waals surface area contributed by atoms with Crippen molar-refractivity contribution in [1.29, 1.82) is 0 Å². The van der Waals surface area contributed by atoms with Gasteiger partial charge in [-0.1, -0.05) is 26.7 Å². The van der Waals surface area contributed by atoms with E-state index in [-0.39, 0.29) is 5.25 Å². The molecule has 0 aromatic rings. The Kier molecular flexibility index (Phi) is 5.72. The fourth-order valence-corrected chi connectivity index (χ4v) is 3.43. The molecule has 1 rings (SSSR count). The first kappa shape index (κ1) is 13.9. The van der Waals surface area contributed by atoms with Crippen molar-refractivity contribution in [3.05, 3.63) is 0 Å². The molecule has 0 amide bonds. The maximum absolute atomic E-state index is 12.0. The van der Waals surface area contributed by atoms with E-state index in [0.29, 0.717) is 38.5 Å². The molecule has 0 radical (unpaired) electrons. The van der Waals surface area contributed by atoms with Gasteiger partial charge < -0.3 is 4.74 Å². The van der Waals surface area contributed by atoms with Crippen LogP contribution in [0.5, 0.6) is 0 Å². The summed E-state index contributed by atoms with van der Waals surface area (Å²) < 4.78 is 31.8. The summed E-state index contributed by atoms with van der Waals surface area (Å²) in [5, 5.41) is -0.254. The van der Waals surface area contributed by atoms with E-state index in [1.165, 1.54) is 0 Å². The van der Waals surface area contributed by atoms with Gasteiger partial charge in [-0.15, -0.1) is 0 Å². The zero-order valence-electron chi connectivity index (χ0n) is 10.2. The Labute approximate surface area is 98.8 Å². The topological polar surface area (TPSA) is 55.4 Å². The van der Waals surface area contributed by atoms with Gasteiger partial charge >= 0.3 is 0 Å². The monoisotopic (exact) mass is 249 g/mol. The summed E-state index contributed by atoms with van der Waals surface area (Å²) in [7, 11) is -3.13. The number of sulfonamides is 1. The molecule has 0 aromatic carbocycles. The Balaban J connectivity index is 2.44. The van der Waals surface area contributed by atoms with Gasteiger partial charge in [0.1, 0.15) is 0 Å². The summed E-state index contributed by atoms with van der Waals surface area (Å²) >= 11 is 0. The lowest BCUT2D eigenvalue weighted by Gasteiger charge is -2.23. The van der Waals surface area contributed by atoms with Crippen LogP contribution in [-0.2, 0) is 14.8 Å². The van der Waals surface area contributed by atoms with E-state index in [9.17, 15) is 8.42 Å². The van der Waals surface area contributed by atoms with E-state index >= 15 is 0 Å². The quantitative estimate of drug-likeness (QED) is 0.776. The van der Waals surface area contributed by atoms with Gasteiger partial charge in [0.05, 0.1) is 5.25 Å². The van der Waals surface area contributed by atoms with Crippen molar-refractivity contribution >= 4 is 10.0 Å². The van der Waals surface area contributed by atoms with Crippen molar-refractivity contribution < 1.29 is 13.2 Å². The molecule has 1 heterocycles. The van der Waals surface area contributed by atoms with Gasteiger partial charge in [-0.05, 0) is 18.8 Å². The van der Waals surface area contributed by atoms with E-state index in [4.69, 9.17) is 4.74 Å². The molecule has 1 aliphatic heterocycles. The molecule has 1 saturated heterocycles. The lowest BCUT2D eigenvalue weighted by Crippen LogP contribution is -2.39. The summed E-state index contributed by atoms with van der Waals surface area (Å²) in [6.07, 6.45) is 3.29. The van der Waals surface area contributed by atoms with Gasteiger partial charge in [-0.25, -0.2) is 13.1 Å². The van der Waals surface area contributed by atoms with Gasteiger partial charge in [-0.3, -0.25) is 0 Å². The third kappa shape index (κ3) is 4.03. The highest BCUT2D eigenvalue weighted by atomic mass is 32.2. The Morgan fingerprint density at radius 3 is 2.31 bits per heavy atom. The fourth-order valence-electron chi connectivity index (χ4n) is 1.92. The van der Waals surface area contributed by atoms with E-state index in [0.717, 1.165) is 12.8 Å². The highest BCUT2D eigenvalue weighted by molar-refractivity contribution is 7.90. The molecule has 1 aliphatic rings. The molecule has 0 aliphatic carbocycles. The summed E-state index contributed by atoms with van der Waals surface area (Å²) in [6, 6.07) is 0. The van der Waals surface area contributed by atoms with Crippen LogP contribution in [-0.4, -0.2) is 33.4 Å². The van der Waals surface area contributed by atoms with Crippen molar-refractivity contribution in [2.45, 2.75) is 44.8 Å². The predicted molar refractivity (Wildman–Crippen MR) is 64.8 cm³/mol. The highest BCUT2D eigenvalue weighted by Gasteiger charge is 2.27. The van der Waals surface area contributed by atoms with Crippen molar-refractivity contribution in [1.82, 2.24) is 4.72 Å². The molecule has 1 fully saturated rings. The molecule has 0 atom stereocenters. The van der Waals surface area contributed by atoms with E-state index < -0.39 is 10.0 Å². The van der Waals surface area contributed by atoms with Crippen LogP contribution < -0.4 is 4.72 Å². The summed E-state index contributed by atoms with van der Waals surface area (Å²) in [5.41, 5.74) is 0. The molecule has 96 valence electrons. The minimum absolute atomic E-state index is 0.254. The molecule has 1 N–H and O–H groups in total. The number of rotatable bonds is 6. The molecular weight excluding hydrogens is 226 g/mol. The smallest absolute Gasteiger partial charge is 0.214 e. The normalized spacial score (nSPS) is 19.2. The average Bonchev–Trinajstić information content (AvgIpc) is 2.31. The summed E-state index contributed by atoms with van der Waals surface area (Å²) in [4.78, 5) is 0. The maximum Gasteiger partial charge on any atom is 0.214 e. The zero-order valence-corrected chi connectivity index (χ0v) is 11.1. The van der Waals surface area contributed by atoms with Gasteiger partial charge in [-0.2, -0.15) is 0 Å². The van der Waals surface area contributed by atoms with Crippen LogP contribution in [0.4, 0.5) is 0 Å². The third-order valence-corrected chi connectivity index (χ3v) is 5.25. The summed E-state index contributed by atoms with van der Waals surface area (Å²) in [6.45, 7) is 5.90. The first-order chi connectivity index (χ1) is 7.60. The van der Waals surface area contributed by atoms with Crippen LogP contribution in [0.1, 0.15) is 39.5 Å². The second kappa shape index (κ2) is 6.57. The van der Waals surface area contributed by atoms with E-state index in [1.807, 2.05) is 0 Å². The van der Waals surface area contributed by atoms with Crippen molar-refractivity contribution in [2.24, 2.45) is 5.92 Å². The lowest BCUT2D eigenvalue weighted by molar-refractivity contribution is 0.0981. The van der Waals surface area contributed by atoms with E-state index in [2.05, 4.69) is 18.6 Å². The number of hydrogen-bond acceptors (Lipinski definition) is 3. The van der Waals surface area contributed by atoms with Crippen LogP contribution in [0.25, 0.3) is 0 Å². The Hall–Kier alpha value is -0.130. The van der Waals surface area contributed by atoms with Gasteiger partial charge in [0.2, 0.25) is 10.0 Å². The summed E-state index contributed by atoms with van der Waals surface area (Å²) in [5.74, 6) is 0.453. The lowest BCUT2D eigenvalue weighted by atomic mass is 10.0. The fraction of sp³-hybridized carbons (Fsp3) is 1.00. The van der Waals surface area contributed by atoms with Crippen molar-refractivity contribution in [2.75, 3.05) is 19.8 Å². The third-order valence-electron chi connectivity index (χ3n) is 3.34. The second-order valence-corrected chi connectivity index (χ2v) is 6.43. The Morgan fingerprint density at radius 2 is 1.81 bits per heavy atom. The standard InChI is InChI=1S/C11H23NO3S/c1-3-10(4-2)9-12-16(13,14)11-5-7-15-8-6-11/h10-12H,3-9H2,1-2H3. The molecule has 4 nitrogen and oxygen atoms in total. The number of hydrogen-bond donors (Lipinski definition) is 1. The molecule has 0 saturated carbocycles. The molecule has 5 heteroatoms. The molecular formula is C11H23NO3S. The predicted octanol–water partition coefficient (Wildman–Crippen LogP) is 1.52. The molecule has 0 bridgehead atoms. The van der Waals surface area contributed by atoms with Crippen molar-refractivity contribution in [3.8, 4) is 0 Å². The van der Waals surface area contributed by atoms with Gasteiger partial charge in [0.15, 0.2) is 0 Å². The minimum Gasteiger partial charge on any atom is -0.381 e. The van der Waals surface area contributed by atoms with Crippen LogP contribution in [0.3, 0.4) is 0 Å². The number of ether oxygens (including phenoxy) is 1. The first-order valence-corrected chi connectivity index (χ1v) is 7.71. The van der Waals surface area contributed by atoms with Gasteiger partial charge in [0.25, 0.3) is 0 Å². The number of nitrogens with one attached hydrogen (secondary N) is 1. The minimum atomic E-state index is -3.13. The Bertz CT molecular complexity index is 280. The second-order valence-electron chi connectivity index (χ2n) is 4.39. The Morgan fingerprint density at radius 1 is 1.25 bits per heavy atom. The van der Waals surface area contributed by atoms with Crippen LogP contribution in [0.15, 0.2) is 0 Å². The van der Waals surface area contributed by atoms with Crippen LogP contribution in [0, 0.1) is 5.92 Å². The first-order valence-electron chi connectivity index (χ1n) is 6.16. The highest BCUT2D eigenvalue weighted by Crippen LogP contribution is 2.15. The molecule has 0 unspecified atom stereocenters. The SMILES string of the molecule is CCC(CC)CNS(=O)(=O)C1CCOCC1. The molecule has 0 spiro atoms.